The molecule has 114 valence electrons. The normalized spacial score (nSPS) is 25.8. The number of hydrogen-bond donors (Lipinski definition) is 1. The van der Waals surface area contributed by atoms with Gasteiger partial charge in [-0.2, -0.15) is 0 Å². The smallest absolute Gasteiger partial charge is 0.225 e. The summed E-state index contributed by atoms with van der Waals surface area (Å²) in [5.74, 6) is 0.865. The summed E-state index contributed by atoms with van der Waals surface area (Å²) in [5.41, 5.74) is 0. The molecule has 2 saturated heterocycles. The summed E-state index contributed by atoms with van der Waals surface area (Å²) in [6.45, 7) is 3.07. The third kappa shape index (κ3) is 3.69. The minimum atomic E-state index is 0.0176. The van der Waals surface area contributed by atoms with Gasteiger partial charge in [-0.15, -0.1) is 0 Å². The van der Waals surface area contributed by atoms with Gasteiger partial charge in [0, 0.05) is 38.6 Å². The van der Waals surface area contributed by atoms with Crippen LogP contribution in [0.4, 0.5) is 5.95 Å². The van der Waals surface area contributed by atoms with E-state index in [2.05, 4.69) is 20.2 Å². The summed E-state index contributed by atoms with van der Waals surface area (Å²) in [6.07, 6.45) is 7.76. The number of nitrogens with zero attached hydrogens (tertiary/aromatic N) is 3. The number of carbonyl (C=O) groups excluding carboxylic acids is 1. The van der Waals surface area contributed by atoms with Gasteiger partial charge in [0.25, 0.3) is 0 Å². The molecule has 21 heavy (non-hydrogen) atoms. The van der Waals surface area contributed by atoms with Gasteiger partial charge >= 0.3 is 0 Å². The zero-order chi connectivity index (χ0) is 14.5. The van der Waals surface area contributed by atoms with Crippen molar-refractivity contribution in [3.8, 4) is 0 Å². The van der Waals surface area contributed by atoms with E-state index < -0.39 is 0 Å². The van der Waals surface area contributed by atoms with Gasteiger partial charge < -0.3 is 15.0 Å². The number of nitrogens with one attached hydrogen (secondary N) is 1. The Labute approximate surface area is 124 Å². The quantitative estimate of drug-likeness (QED) is 0.895. The van der Waals surface area contributed by atoms with Crippen LogP contribution in [0.2, 0.25) is 0 Å². The second-order valence-electron chi connectivity index (χ2n) is 5.71. The lowest BCUT2D eigenvalue weighted by Gasteiger charge is -2.32. The summed E-state index contributed by atoms with van der Waals surface area (Å²) >= 11 is 0. The van der Waals surface area contributed by atoms with Gasteiger partial charge in [0.05, 0.1) is 12.0 Å². The van der Waals surface area contributed by atoms with Crippen molar-refractivity contribution in [1.82, 2.24) is 15.3 Å². The molecule has 2 aliphatic rings. The summed E-state index contributed by atoms with van der Waals surface area (Å²) in [5, 5.41) is 3.03. The maximum atomic E-state index is 12.3. The van der Waals surface area contributed by atoms with Crippen molar-refractivity contribution >= 4 is 11.9 Å². The van der Waals surface area contributed by atoms with E-state index in [0.29, 0.717) is 19.0 Å². The van der Waals surface area contributed by atoms with Crippen LogP contribution in [-0.4, -0.2) is 48.2 Å². The fraction of sp³-hybridized carbons (Fsp3) is 0.667. The highest BCUT2D eigenvalue weighted by molar-refractivity contribution is 5.79. The van der Waals surface area contributed by atoms with Crippen molar-refractivity contribution in [3.05, 3.63) is 18.5 Å². The topological polar surface area (TPSA) is 67.3 Å². The fourth-order valence-electron chi connectivity index (χ4n) is 2.99. The molecule has 0 aliphatic carbocycles. The fourth-order valence-corrected chi connectivity index (χ4v) is 2.99. The third-order valence-corrected chi connectivity index (χ3v) is 4.16. The molecule has 0 saturated carbocycles. The Morgan fingerprint density at radius 3 is 2.95 bits per heavy atom. The van der Waals surface area contributed by atoms with Gasteiger partial charge in [-0.25, -0.2) is 9.97 Å². The van der Waals surface area contributed by atoms with Crippen LogP contribution in [0.25, 0.3) is 0 Å². The number of ether oxygens (including phenoxy) is 1. The Hall–Kier alpha value is -1.69. The lowest BCUT2D eigenvalue weighted by Crippen LogP contribution is -2.45. The number of piperidine rings is 1. The number of hydrogen-bond acceptors (Lipinski definition) is 5. The molecule has 6 heteroatoms. The largest absolute Gasteiger partial charge is 0.376 e. The van der Waals surface area contributed by atoms with Gasteiger partial charge in [-0.05, 0) is 31.7 Å². The minimum Gasteiger partial charge on any atom is -0.376 e. The second kappa shape index (κ2) is 6.85. The van der Waals surface area contributed by atoms with E-state index in [1.807, 2.05) is 0 Å². The van der Waals surface area contributed by atoms with Crippen LogP contribution in [0, 0.1) is 5.92 Å². The van der Waals surface area contributed by atoms with Crippen molar-refractivity contribution < 1.29 is 9.53 Å². The number of aromatic nitrogens is 2. The lowest BCUT2D eigenvalue weighted by molar-refractivity contribution is -0.125. The number of anilines is 1. The molecule has 3 heterocycles. The van der Waals surface area contributed by atoms with Crippen LogP contribution in [-0.2, 0) is 9.53 Å². The third-order valence-electron chi connectivity index (χ3n) is 4.16. The van der Waals surface area contributed by atoms with E-state index in [1.165, 1.54) is 0 Å². The first kappa shape index (κ1) is 14.3. The van der Waals surface area contributed by atoms with Crippen LogP contribution >= 0.6 is 0 Å². The summed E-state index contributed by atoms with van der Waals surface area (Å²) in [6, 6.07) is 1.80. The minimum absolute atomic E-state index is 0.0176. The number of rotatable bonds is 4. The molecule has 3 rings (SSSR count). The number of carbonyl (C=O) groups is 1. The molecule has 1 aromatic rings. The van der Waals surface area contributed by atoms with Crippen molar-refractivity contribution in [1.29, 1.82) is 0 Å². The van der Waals surface area contributed by atoms with Gasteiger partial charge in [-0.1, -0.05) is 0 Å². The first-order valence-corrected chi connectivity index (χ1v) is 7.74. The van der Waals surface area contributed by atoms with Crippen molar-refractivity contribution in [2.75, 3.05) is 31.1 Å². The van der Waals surface area contributed by atoms with Gasteiger partial charge in [0.1, 0.15) is 0 Å². The Morgan fingerprint density at radius 2 is 2.19 bits per heavy atom. The molecule has 0 bridgehead atoms. The molecule has 0 radical (unpaired) electrons. The van der Waals surface area contributed by atoms with Gasteiger partial charge in [0.2, 0.25) is 11.9 Å². The zero-order valence-electron chi connectivity index (χ0n) is 12.2. The average molecular weight is 290 g/mol. The molecule has 1 N–H and O–H groups in total. The van der Waals surface area contributed by atoms with Crippen LogP contribution < -0.4 is 10.2 Å². The molecule has 2 aliphatic heterocycles. The number of amides is 1. The van der Waals surface area contributed by atoms with E-state index in [0.717, 1.165) is 38.8 Å². The van der Waals surface area contributed by atoms with Gasteiger partial charge in [-0.3, -0.25) is 4.79 Å². The van der Waals surface area contributed by atoms with Crippen molar-refractivity contribution in [2.45, 2.75) is 31.8 Å². The van der Waals surface area contributed by atoms with Crippen LogP contribution in [0.5, 0.6) is 0 Å². The maximum Gasteiger partial charge on any atom is 0.225 e. The highest BCUT2D eigenvalue weighted by Gasteiger charge is 2.27. The van der Waals surface area contributed by atoms with E-state index >= 15 is 0 Å². The monoisotopic (exact) mass is 290 g/mol. The molecule has 6 nitrogen and oxygen atoms in total. The van der Waals surface area contributed by atoms with Gasteiger partial charge in [0.15, 0.2) is 0 Å². The highest BCUT2D eigenvalue weighted by atomic mass is 16.5. The summed E-state index contributed by atoms with van der Waals surface area (Å²) in [4.78, 5) is 22.9. The molecule has 2 atom stereocenters. The molecule has 1 amide bonds. The second-order valence-corrected chi connectivity index (χ2v) is 5.71. The zero-order valence-corrected chi connectivity index (χ0v) is 12.2. The van der Waals surface area contributed by atoms with Crippen molar-refractivity contribution in [3.63, 3.8) is 0 Å². The van der Waals surface area contributed by atoms with Crippen LogP contribution in [0.15, 0.2) is 18.5 Å². The SMILES string of the molecule is O=C(NC[C@@H]1CCCO1)[C@@H]1CCCN(c2ncccn2)C1. The average Bonchev–Trinajstić information content (AvgIpc) is 3.07. The van der Waals surface area contributed by atoms with E-state index in [9.17, 15) is 4.79 Å². The van der Waals surface area contributed by atoms with Crippen molar-refractivity contribution in [2.24, 2.45) is 5.92 Å². The first-order valence-electron chi connectivity index (χ1n) is 7.74. The molecular weight excluding hydrogens is 268 g/mol. The van der Waals surface area contributed by atoms with E-state index in [1.54, 1.807) is 18.5 Å². The standard InChI is InChI=1S/C15H22N4O2/c20-14(18-10-13-5-2-9-21-13)12-4-1-8-19(11-12)15-16-6-3-7-17-15/h3,6-7,12-13H,1-2,4-5,8-11H2,(H,18,20)/t12-,13+/m1/s1. The molecule has 2 fully saturated rings. The summed E-state index contributed by atoms with van der Waals surface area (Å²) in [7, 11) is 0. The molecule has 0 spiro atoms. The Kier molecular flexibility index (Phi) is 4.65. The molecule has 1 aromatic heterocycles. The lowest BCUT2D eigenvalue weighted by atomic mass is 9.97. The predicted molar refractivity (Wildman–Crippen MR) is 79.0 cm³/mol. The summed E-state index contributed by atoms with van der Waals surface area (Å²) < 4.78 is 5.54. The molecule has 0 aromatic carbocycles. The Morgan fingerprint density at radius 1 is 1.33 bits per heavy atom. The maximum absolute atomic E-state index is 12.3. The molecule has 0 unspecified atom stereocenters. The molecular formula is C15H22N4O2. The van der Waals surface area contributed by atoms with E-state index in [4.69, 9.17) is 4.74 Å². The van der Waals surface area contributed by atoms with Crippen LogP contribution in [0.1, 0.15) is 25.7 Å². The Bertz CT molecular complexity index is 462. The Balaban J connectivity index is 1.51. The van der Waals surface area contributed by atoms with E-state index in [-0.39, 0.29) is 17.9 Å². The highest BCUT2D eigenvalue weighted by Crippen LogP contribution is 2.20. The van der Waals surface area contributed by atoms with Crippen LogP contribution in [0.3, 0.4) is 0 Å². The predicted octanol–water partition coefficient (Wildman–Crippen LogP) is 0.988. The first-order chi connectivity index (χ1) is 10.3.